The van der Waals surface area contributed by atoms with Crippen molar-refractivity contribution in [1.29, 1.82) is 0 Å². The molecule has 6 aromatic rings. The van der Waals surface area contributed by atoms with Crippen molar-refractivity contribution in [2.45, 2.75) is 19.4 Å². The zero-order chi connectivity index (χ0) is 29.4. The van der Waals surface area contributed by atoms with E-state index in [0.717, 1.165) is 17.7 Å². The van der Waals surface area contributed by atoms with Crippen LogP contribution in [-0.4, -0.2) is 28.8 Å². The highest BCUT2D eigenvalue weighted by Gasteiger charge is 2.34. The van der Waals surface area contributed by atoms with E-state index in [4.69, 9.17) is 23.4 Å². The van der Waals surface area contributed by atoms with Gasteiger partial charge in [-0.25, -0.2) is 13.9 Å². The van der Waals surface area contributed by atoms with E-state index in [-0.39, 0.29) is 18.8 Å². The lowest BCUT2D eigenvalue weighted by Gasteiger charge is -2.12. The number of aromatic nitrogens is 3. The molecule has 216 valence electrons. The second-order valence-electron chi connectivity index (χ2n) is 9.11. The zero-order valence-corrected chi connectivity index (χ0v) is 22.9. The molecule has 13 heteroatoms. The number of hydrogen-bond acceptors (Lipinski definition) is 8. The van der Waals surface area contributed by atoms with Crippen LogP contribution in [-0.2, 0) is 19.4 Å². The van der Waals surface area contributed by atoms with Gasteiger partial charge in [-0.2, -0.15) is 13.2 Å². The highest BCUT2D eigenvalue weighted by molar-refractivity contribution is 7.18. The maximum absolute atomic E-state index is 13.6. The van der Waals surface area contributed by atoms with Gasteiger partial charge in [0.05, 0.1) is 31.4 Å². The predicted molar refractivity (Wildman–Crippen MR) is 146 cm³/mol. The Morgan fingerprint density at radius 1 is 0.905 bits per heavy atom. The average Bonchev–Trinajstić information content (AvgIpc) is 3.68. The second-order valence-corrected chi connectivity index (χ2v) is 10.0. The van der Waals surface area contributed by atoms with Gasteiger partial charge in [0, 0.05) is 12.1 Å². The number of benzene rings is 3. The Bertz CT molecular complexity index is 1860. The summed E-state index contributed by atoms with van der Waals surface area (Å²) in [5.41, 5.74) is 0.730. The van der Waals surface area contributed by atoms with E-state index in [2.05, 4.69) is 10.1 Å². The van der Waals surface area contributed by atoms with Crippen LogP contribution < -0.4 is 18.9 Å². The van der Waals surface area contributed by atoms with Gasteiger partial charge in [-0.15, -0.1) is 5.10 Å². The minimum atomic E-state index is -4.79. The van der Waals surface area contributed by atoms with E-state index < -0.39 is 17.6 Å². The second kappa shape index (κ2) is 10.9. The Morgan fingerprint density at radius 2 is 1.71 bits per heavy atom. The third-order valence-corrected chi connectivity index (χ3v) is 7.18. The molecule has 8 nitrogen and oxygen atoms in total. The number of furan rings is 1. The first-order valence-electron chi connectivity index (χ1n) is 12.4. The number of hydrogen-bond donors (Lipinski definition) is 0. The van der Waals surface area contributed by atoms with E-state index in [0.29, 0.717) is 49.8 Å². The molecule has 0 bridgehead atoms. The summed E-state index contributed by atoms with van der Waals surface area (Å²) in [7, 11) is 3.08. The zero-order valence-electron chi connectivity index (χ0n) is 22.1. The molecule has 6 rings (SSSR count). The first-order valence-corrected chi connectivity index (χ1v) is 13.2. The Morgan fingerprint density at radius 3 is 2.48 bits per heavy atom. The van der Waals surface area contributed by atoms with Crippen molar-refractivity contribution in [3.63, 3.8) is 0 Å². The van der Waals surface area contributed by atoms with Gasteiger partial charge in [0.15, 0.2) is 5.76 Å². The number of fused-ring (bicyclic) bond motifs is 2. The van der Waals surface area contributed by atoms with Gasteiger partial charge in [-0.05, 0) is 52.8 Å². The van der Waals surface area contributed by atoms with Crippen molar-refractivity contribution in [3.8, 4) is 33.9 Å². The minimum absolute atomic E-state index is 0.151. The highest BCUT2D eigenvalue weighted by Crippen LogP contribution is 2.38. The van der Waals surface area contributed by atoms with Gasteiger partial charge >= 0.3 is 6.18 Å². The lowest BCUT2D eigenvalue weighted by atomic mass is 10.1. The number of methoxy groups -OCH3 is 2. The fraction of sp³-hybridized carbons (Fsp3) is 0.172. The molecule has 0 spiro atoms. The summed E-state index contributed by atoms with van der Waals surface area (Å²) in [6.07, 6.45) is -3.05. The van der Waals surface area contributed by atoms with Gasteiger partial charge in [-0.3, -0.25) is 0 Å². The van der Waals surface area contributed by atoms with Gasteiger partial charge in [0.25, 0.3) is 5.19 Å². The first-order chi connectivity index (χ1) is 20.2. The molecule has 0 amide bonds. The third-order valence-electron chi connectivity index (χ3n) is 6.29. The summed E-state index contributed by atoms with van der Waals surface area (Å²) in [6.45, 7) is -0.0191. The number of ether oxygens (including phenoxy) is 4. The SMILES string of the molecule is COc1cc(OCc2cccc(OCc3ccc(F)c(C(F)(F)F)c3)c2)c2cc(-c3cn4nc(OC)sc4n3)oc2c1. The van der Waals surface area contributed by atoms with Crippen LogP contribution in [0.25, 0.3) is 27.4 Å². The van der Waals surface area contributed by atoms with E-state index in [9.17, 15) is 17.6 Å². The summed E-state index contributed by atoms with van der Waals surface area (Å²) in [4.78, 5) is 5.22. The molecule has 3 aromatic carbocycles. The van der Waals surface area contributed by atoms with Gasteiger partial charge in [0.1, 0.15) is 47.6 Å². The first kappa shape index (κ1) is 27.4. The van der Waals surface area contributed by atoms with Crippen molar-refractivity contribution < 1.29 is 40.9 Å². The molecule has 0 unspecified atom stereocenters. The molecule has 0 fully saturated rings. The van der Waals surface area contributed by atoms with Crippen molar-refractivity contribution in [2.24, 2.45) is 0 Å². The molecule has 42 heavy (non-hydrogen) atoms. The lowest BCUT2D eigenvalue weighted by Crippen LogP contribution is -2.09. The molecule has 0 saturated carbocycles. The molecule has 0 aliphatic rings. The standard InChI is InChI=1S/C29H21F4N3O5S/c1-37-19-10-24(20-12-26(41-25(20)11-19)23-13-36-27(34-23)42-28(35-36)38-2)40-15-16-4-3-5-18(8-16)39-14-17-6-7-22(30)21(9-17)29(31,32)33/h3-13H,14-15H2,1-2H3. The van der Waals surface area contributed by atoms with Crippen molar-refractivity contribution in [3.05, 3.63) is 89.4 Å². The molecule has 0 atom stereocenters. The Hall–Kier alpha value is -4.78. The largest absolute Gasteiger partial charge is 0.496 e. The predicted octanol–water partition coefficient (Wildman–Crippen LogP) is 7.54. The maximum Gasteiger partial charge on any atom is 0.419 e. The van der Waals surface area contributed by atoms with Crippen LogP contribution in [0.5, 0.6) is 22.4 Å². The Balaban J connectivity index is 1.19. The van der Waals surface area contributed by atoms with Gasteiger partial charge in [0.2, 0.25) is 4.96 Å². The summed E-state index contributed by atoms with van der Waals surface area (Å²) in [5.74, 6) is 0.650. The number of nitrogens with zero attached hydrogens (tertiary/aromatic N) is 3. The van der Waals surface area contributed by atoms with Crippen LogP contribution in [0.15, 0.2) is 71.3 Å². The van der Waals surface area contributed by atoms with E-state index >= 15 is 0 Å². The van der Waals surface area contributed by atoms with Crippen LogP contribution in [0, 0.1) is 5.82 Å². The number of imidazole rings is 1. The minimum Gasteiger partial charge on any atom is -0.496 e. The summed E-state index contributed by atoms with van der Waals surface area (Å²) < 4.78 is 82.8. The van der Waals surface area contributed by atoms with Crippen molar-refractivity contribution in [1.82, 2.24) is 14.6 Å². The van der Waals surface area contributed by atoms with E-state index in [1.165, 1.54) is 24.5 Å². The molecule has 0 N–H and O–H groups in total. The van der Waals surface area contributed by atoms with Crippen LogP contribution in [0.2, 0.25) is 0 Å². The van der Waals surface area contributed by atoms with E-state index in [1.54, 1.807) is 48.2 Å². The summed E-state index contributed by atoms with van der Waals surface area (Å²) in [5, 5.41) is 5.49. The lowest BCUT2D eigenvalue weighted by molar-refractivity contribution is -0.140. The average molecular weight is 600 g/mol. The normalized spacial score (nSPS) is 11.8. The highest BCUT2D eigenvalue weighted by atomic mass is 32.1. The number of halogens is 4. The molecule has 3 aromatic heterocycles. The summed E-state index contributed by atoms with van der Waals surface area (Å²) in [6, 6.07) is 15.0. The fourth-order valence-electron chi connectivity index (χ4n) is 4.26. The quantitative estimate of drug-likeness (QED) is 0.159. The van der Waals surface area contributed by atoms with Crippen LogP contribution >= 0.6 is 11.3 Å². The van der Waals surface area contributed by atoms with Crippen molar-refractivity contribution >= 4 is 27.3 Å². The molecular formula is C29H21F4N3O5S. The molecule has 3 heterocycles. The topological polar surface area (TPSA) is 80.2 Å². The number of rotatable bonds is 9. The van der Waals surface area contributed by atoms with Crippen LogP contribution in [0.3, 0.4) is 0 Å². The van der Waals surface area contributed by atoms with Crippen molar-refractivity contribution in [2.75, 3.05) is 14.2 Å². The van der Waals surface area contributed by atoms with Gasteiger partial charge < -0.3 is 23.4 Å². The number of alkyl halides is 3. The van der Waals surface area contributed by atoms with E-state index in [1.807, 2.05) is 12.1 Å². The monoisotopic (exact) mass is 599 g/mol. The molecule has 0 radical (unpaired) electrons. The summed E-state index contributed by atoms with van der Waals surface area (Å²) >= 11 is 1.30. The maximum atomic E-state index is 13.6. The fourth-order valence-corrected chi connectivity index (χ4v) is 4.96. The third kappa shape index (κ3) is 5.55. The smallest absolute Gasteiger partial charge is 0.419 e. The van der Waals surface area contributed by atoms with Crippen LogP contribution in [0.1, 0.15) is 16.7 Å². The molecule has 0 aliphatic heterocycles. The Labute approximate surface area is 239 Å². The van der Waals surface area contributed by atoms with Gasteiger partial charge in [-0.1, -0.05) is 18.2 Å². The van der Waals surface area contributed by atoms with Crippen LogP contribution in [0.4, 0.5) is 17.6 Å². The molecular weight excluding hydrogens is 578 g/mol. The Kier molecular flexibility index (Phi) is 7.11. The molecule has 0 saturated heterocycles. The molecule has 0 aliphatic carbocycles.